The lowest BCUT2D eigenvalue weighted by Crippen LogP contribution is -2.45. The van der Waals surface area contributed by atoms with Gasteiger partial charge in [-0.2, -0.15) is 0 Å². The number of hydrogen-bond donors (Lipinski definition) is 1. The molecule has 1 aliphatic heterocycles. The van der Waals surface area contributed by atoms with Crippen LogP contribution in [0.25, 0.3) is 0 Å². The Bertz CT molecular complexity index is 1180. The zero-order chi connectivity index (χ0) is 30.1. The predicted octanol–water partition coefficient (Wildman–Crippen LogP) is 4.04. The fourth-order valence-corrected chi connectivity index (χ4v) is 5.68. The van der Waals surface area contributed by atoms with Crippen molar-refractivity contribution in [3.05, 3.63) is 53.6 Å². The molecular weight excluding hydrogens is 534 g/mol. The molecule has 2 fully saturated rings. The van der Waals surface area contributed by atoms with Crippen LogP contribution in [0.15, 0.2) is 42.5 Å². The molecule has 2 aromatic carbocycles. The molecule has 0 radical (unpaired) electrons. The van der Waals surface area contributed by atoms with Gasteiger partial charge in [0.2, 0.25) is 5.91 Å². The van der Waals surface area contributed by atoms with E-state index in [1.165, 1.54) is 0 Å². The van der Waals surface area contributed by atoms with E-state index in [2.05, 4.69) is 10.2 Å². The minimum absolute atomic E-state index is 0.0126. The van der Waals surface area contributed by atoms with E-state index >= 15 is 0 Å². The molecule has 1 saturated carbocycles. The van der Waals surface area contributed by atoms with Gasteiger partial charge in [-0.1, -0.05) is 18.2 Å². The van der Waals surface area contributed by atoms with Crippen molar-refractivity contribution in [3.63, 3.8) is 0 Å². The summed E-state index contributed by atoms with van der Waals surface area (Å²) < 4.78 is 22.0. The Hall–Kier alpha value is -3.30. The van der Waals surface area contributed by atoms with Gasteiger partial charge in [0.05, 0.1) is 27.2 Å². The maximum atomic E-state index is 13.8. The molecule has 0 bridgehead atoms. The van der Waals surface area contributed by atoms with E-state index < -0.39 is 0 Å². The molecular formula is C33H47N3O6. The highest BCUT2D eigenvalue weighted by molar-refractivity contribution is 5.95. The molecule has 9 nitrogen and oxygen atoms in total. The van der Waals surface area contributed by atoms with Gasteiger partial charge in [0.1, 0.15) is 5.75 Å². The monoisotopic (exact) mass is 581 g/mol. The van der Waals surface area contributed by atoms with E-state index in [-0.39, 0.29) is 29.7 Å². The van der Waals surface area contributed by atoms with Crippen molar-refractivity contribution in [3.8, 4) is 17.2 Å². The molecule has 2 atom stereocenters. The van der Waals surface area contributed by atoms with E-state index in [0.717, 1.165) is 43.7 Å². The van der Waals surface area contributed by atoms with Gasteiger partial charge >= 0.3 is 0 Å². The van der Waals surface area contributed by atoms with Crippen LogP contribution in [-0.4, -0.2) is 94.4 Å². The summed E-state index contributed by atoms with van der Waals surface area (Å²) in [5.41, 5.74) is 1.48. The highest BCUT2D eigenvalue weighted by Crippen LogP contribution is 2.32. The molecule has 0 unspecified atom stereocenters. The first-order valence-corrected chi connectivity index (χ1v) is 15.1. The van der Waals surface area contributed by atoms with Crippen LogP contribution in [0, 0.1) is 11.8 Å². The summed E-state index contributed by atoms with van der Waals surface area (Å²) in [6.07, 6.45) is 3.17. The zero-order valence-corrected chi connectivity index (χ0v) is 25.8. The fraction of sp³-hybridized carbons (Fsp3) is 0.576. The number of ether oxygens (including phenoxy) is 4. The molecule has 0 spiro atoms. The predicted molar refractivity (Wildman–Crippen MR) is 162 cm³/mol. The largest absolute Gasteiger partial charge is 0.496 e. The van der Waals surface area contributed by atoms with Crippen LogP contribution < -0.4 is 19.5 Å². The van der Waals surface area contributed by atoms with E-state index in [4.69, 9.17) is 18.9 Å². The fourth-order valence-electron chi connectivity index (χ4n) is 5.68. The third-order valence-corrected chi connectivity index (χ3v) is 8.23. The second kappa shape index (κ2) is 15.3. The van der Waals surface area contributed by atoms with Gasteiger partial charge < -0.3 is 34.1 Å². The standard InChI is InChI=1S/C33H47N3O6/c1-23(2)35(33(38)25-11-14-30(41-5)31(17-25)42-16-8-15-39-3)21-26-19-34-20-27(26)22-36(28-12-13-28)32(37)18-24-9-6-7-10-29(24)40-4/h6-7,9-11,14,17,23,26-28,34H,8,12-13,15-16,18-22H2,1-5H3/t26-,27-/m0/s1. The molecule has 1 saturated heterocycles. The maximum absolute atomic E-state index is 13.8. The Morgan fingerprint density at radius 3 is 2.29 bits per heavy atom. The third-order valence-electron chi connectivity index (χ3n) is 8.23. The molecule has 2 aliphatic rings. The average Bonchev–Trinajstić information content (AvgIpc) is 3.74. The molecule has 2 amide bonds. The number of hydrogen-bond acceptors (Lipinski definition) is 7. The normalized spacial score (nSPS) is 18.1. The Labute approximate surface area is 250 Å². The summed E-state index contributed by atoms with van der Waals surface area (Å²) >= 11 is 0. The van der Waals surface area contributed by atoms with E-state index in [1.54, 1.807) is 39.5 Å². The first kappa shape index (κ1) is 31.6. The van der Waals surface area contributed by atoms with Crippen LogP contribution in [0.5, 0.6) is 17.2 Å². The van der Waals surface area contributed by atoms with E-state index in [1.807, 2.05) is 43.0 Å². The number of carbonyl (C=O) groups excluding carboxylic acids is 2. The van der Waals surface area contributed by atoms with Crippen LogP contribution in [0.3, 0.4) is 0 Å². The number of nitrogens with zero attached hydrogens (tertiary/aromatic N) is 2. The number of amides is 2. The quantitative estimate of drug-likeness (QED) is 0.299. The number of methoxy groups -OCH3 is 3. The summed E-state index contributed by atoms with van der Waals surface area (Å²) in [6.45, 7) is 8.13. The van der Waals surface area contributed by atoms with Gasteiger partial charge in [0, 0.05) is 69.5 Å². The first-order chi connectivity index (χ1) is 20.4. The van der Waals surface area contributed by atoms with Crippen molar-refractivity contribution < 1.29 is 28.5 Å². The minimum atomic E-state index is -0.0358. The van der Waals surface area contributed by atoms with Crippen LogP contribution in [0.1, 0.15) is 49.0 Å². The highest BCUT2D eigenvalue weighted by Gasteiger charge is 2.38. The lowest BCUT2D eigenvalue weighted by Gasteiger charge is -2.34. The van der Waals surface area contributed by atoms with Crippen molar-refractivity contribution in [1.29, 1.82) is 0 Å². The summed E-state index contributed by atoms with van der Waals surface area (Å²) in [5, 5.41) is 3.53. The maximum Gasteiger partial charge on any atom is 0.254 e. The van der Waals surface area contributed by atoms with Crippen LogP contribution in [-0.2, 0) is 16.0 Å². The van der Waals surface area contributed by atoms with Gasteiger partial charge in [-0.15, -0.1) is 0 Å². The van der Waals surface area contributed by atoms with Crippen LogP contribution in [0.4, 0.5) is 0 Å². The van der Waals surface area contributed by atoms with Gasteiger partial charge in [-0.25, -0.2) is 0 Å². The van der Waals surface area contributed by atoms with Crippen molar-refractivity contribution in [2.75, 3.05) is 60.7 Å². The van der Waals surface area contributed by atoms with Crippen LogP contribution in [0.2, 0.25) is 0 Å². The topological polar surface area (TPSA) is 89.6 Å². The molecule has 1 heterocycles. The smallest absolute Gasteiger partial charge is 0.254 e. The number of para-hydroxylation sites is 1. The van der Waals surface area contributed by atoms with Crippen molar-refractivity contribution in [2.24, 2.45) is 11.8 Å². The Morgan fingerprint density at radius 2 is 1.62 bits per heavy atom. The van der Waals surface area contributed by atoms with Crippen molar-refractivity contribution in [1.82, 2.24) is 15.1 Å². The molecule has 1 aliphatic carbocycles. The average molecular weight is 582 g/mol. The number of benzene rings is 2. The second-order valence-electron chi connectivity index (χ2n) is 11.6. The minimum Gasteiger partial charge on any atom is -0.496 e. The zero-order valence-electron chi connectivity index (χ0n) is 25.8. The van der Waals surface area contributed by atoms with E-state index in [0.29, 0.717) is 55.8 Å². The van der Waals surface area contributed by atoms with Gasteiger partial charge in [-0.3, -0.25) is 9.59 Å². The molecule has 1 N–H and O–H groups in total. The van der Waals surface area contributed by atoms with Crippen molar-refractivity contribution >= 4 is 11.8 Å². The third kappa shape index (κ3) is 8.16. The highest BCUT2D eigenvalue weighted by atomic mass is 16.5. The number of rotatable bonds is 16. The summed E-state index contributed by atoms with van der Waals surface area (Å²) in [4.78, 5) is 31.4. The Balaban J connectivity index is 1.44. The van der Waals surface area contributed by atoms with Gasteiger partial charge in [-0.05, 0) is 62.8 Å². The summed E-state index contributed by atoms with van der Waals surface area (Å²) in [6, 6.07) is 13.4. The lowest BCUT2D eigenvalue weighted by atomic mass is 9.93. The number of nitrogens with one attached hydrogen (secondary N) is 1. The molecule has 4 rings (SSSR count). The molecule has 2 aromatic rings. The summed E-state index contributed by atoms with van der Waals surface area (Å²) in [5.74, 6) is 2.49. The molecule has 9 heteroatoms. The molecule has 42 heavy (non-hydrogen) atoms. The SMILES string of the molecule is COCCCOc1cc(C(=O)N(C[C@@H]2CNC[C@H]2CN(C(=O)Cc2ccccc2OC)C2CC2)C(C)C)ccc1OC. The Morgan fingerprint density at radius 1 is 0.905 bits per heavy atom. The second-order valence-corrected chi connectivity index (χ2v) is 11.6. The molecule has 0 aromatic heterocycles. The number of carbonyl (C=O) groups is 2. The summed E-state index contributed by atoms with van der Waals surface area (Å²) in [7, 11) is 4.90. The van der Waals surface area contributed by atoms with Gasteiger partial charge in [0.25, 0.3) is 5.91 Å². The van der Waals surface area contributed by atoms with Gasteiger partial charge in [0.15, 0.2) is 11.5 Å². The van der Waals surface area contributed by atoms with Crippen molar-refractivity contribution in [2.45, 2.75) is 51.6 Å². The Kier molecular flexibility index (Phi) is 11.5. The lowest BCUT2D eigenvalue weighted by molar-refractivity contribution is -0.131. The molecule has 230 valence electrons. The first-order valence-electron chi connectivity index (χ1n) is 15.1. The van der Waals surface area contributed by atoms with Crippen LogP contribution >= 0.6 is 0 Å². The van der Waals surface area contributed by atoms with E-state index in [9.17, 15) is 9.59 Å².